The molecule has 6 saturated heterocycles. The van der Waals surface area contributed by atoms with Gasteiger partial charge in [0.2, 0.25) is 41.4 Å². The number of hydrogen-bond acceptors (Lipinski definition) is 41. The topological polar surface area (TPSA) is 736 Å². The molecule has 120 heavy (non-hydrogen) atoms. The Morgan fingerprint density at radius 1 is 0.342 bits per heavy atom. The maximum absolute atomic E-state index is 13.4. The normalized spacial score (nSPS) is 35.0. The molecule has 7 rings (SSSR count). The van der Waals surface area contributed by atoms with Gasteiger partial charge < -0.3 is 191 Å². The van der Waals surface area contributed by atoms with Crippen LogP contribution in [-0.2, 0) is 96.8 Å². The van der Waals surface area contributed by atoms with Crippen LogP contribution in [0.2, 0.25) is 0 Å². The summed E-state index contributed by atoms with van der Waals surface area (Å²) >= 11 is 0. The zero-order valence-electron chi connectivity index (χ0n) is 66.0. The fourth-order valence-electron chi connectivity index (χ4n) is 13.7. The van der Waals surface area contributed by atoms with E-state index in [1.54, 1.807) is 12.1 Å². The SMILES string of the molecule is N[C@@H](Cc1ccccc1)C(=O)NC(=O)CCCCCNC(=O)CN(CC(=O)NCCCCCC(=O)NCCO[C@H]1O[C@H](CO[C@H]2O[C@H](CO)[C@@H](O)[C@H](O)[C@@H]2O)[C@@H](O)[C@H](O[C@H]2O[C@H](CO)[C@@H](O)[C@H](O)[C@@H]2O)[C@@H]1O)CC(=O)NCCCCCC(=O)NCCO[C@H]1O[C@H](CO[C@H]2O[C@H](CO)[C@@H](O)[C@H](O)[C@@H]2O)[C@@H](O)[C@H](O[C@H]2O[C@H](CO)[C@@H](O)[C@H](O)[C@@H]2O)[C@@H]1O. The van der Waals surface area contributed by atoms with Crippen LogP contribution in [0.15, 0.2) is 30.3 Å². The lowest BCUT2D eigenvalue weighted by Gasteiger charge is -2.46. The second-order valence-corrected chi connectivity index (χ2v) is 30.0. The number of aliphatic hydroxyl groups excluding tert-OH is 20. The van der Waals surface area contributed by atoms with Crippen molar-refractivity contribution in [3.63, 3.8) is 0 Å². The molecule has 1 aromatic rings. The Bertz CT molecular complexity index is 3050. The van der Waals surface area contributed by atoms with E-state index in [9.17, 15) is 136 Å². The lowest BCUT2D eigenvalue weighted by atomic mass is 9.96. The number of unbranched alkanes of at least 4 members (excludes halogenated alkanes) is 6. The van der Waals surface area contributed by atoms with Crippen molar-refractivity contribution in [2.24, 2.45) is 5.73 Å². The number of amides is 7. The first-order valence-corrected chi connectivity index (χ1v) is 40.0. The Labute approximate surface area is 689 Å². The fourth-order valence-corrected chi connectivity index (χ4v) is 13.7. The molecular weight excluding hydrogens is 1610 g/mol. The zero-order chi connectivity index (χ0) is 87.9. The number of nitrogens with zero attached hydrogens (tertiary/aromatic N) is 1. The summed E-state index contributed by atoms with van der Waals surface area (Å²) < 4.78 is 67.1. The molecule has 0 aromatic heterocycles. The molecule has 6 aliphatic heterocycles. The number of rotatable bonds is 49. The number of hydrogen-bond donors (Lipinski definition) is 27. The molecule has 0 spiro atoms. The van der Waals surface area contributed by atoms with E-state index in [-0.39, 0.29) is 71.6 Å². The van der Waals surface area contributed by atoms with Crippen molar-refractivity contribution in [2.45, 2.75) is 274 Å². The second kappa shape index (κ2) is 51.7. The molecule has 0 saturated carbocycles. The molecular formula is C73H122N8O39. The van der Waals surface area contributed by atoms with Crippen molar-refractivity contribution in [1.29, 1.82) is 0 Å². The molecule has 47 heteroatoms. The number of nitrogens with one attached hydrogen (secondary N) is 6. The molecule has 31 atom stereocenters. The van der Waals surface area contributed by atoms with E-state index in [1.165, 1.54) is 4.90 Å². The van der Waals surface area contributed by atoms with E-state index >= 15 is 0 Å². The first-order valence-electron chi connectivity index (χ1n) is 40.0. The van der Waals surface area contributed by atoms with Crippen molar-refractivity contribution in [2.75, 3.05) is 105 Å². The van der Waals surface area contributed by atoms with E-state index in [1.807, 2.05) is 18.2 Å². The lowest BCUT2D eigenvalue weighted by Crippen LogP contribution is -2.65. The summed E-state index contributed by atoms with van der Waals surface area (Å²) in [6.07, 6.45) is -48.8. The summed E-state index contributed by atoms with van der Waals surface area (Å²) in [5.74, 6) is -3.60. The Hall–Kier alpha value is -5.65. The van der Waals surface area contributed by atoms with Gasteiger partial charge in [0.05, 0.1) is 78.5 Å². The van der Waals surface area contributed by atoms with Crippen LogP contribution in [0.5, 0.6) is 0 Å². The Balaban J connectivity index is 0.830. The quantitative estimate of drug-likeness (QED) is 0.0269. The third-order valence-corrected chi connectivity index (χ3v) is 20.7. The number of ether oxygens (including phenoxy) is 12. The smallest absolute Gasteiger partial charge is 0.243 e. The average molecular weight is 1740 g/mol. The van der Waals surface area contributed by atoms with Crippen LogP contribution in [0.3, 0.4) is 0 Å². The summed E-state index contributed by atoms with van der Waals surface area (Å²) in [4.78, 5) is 92.2. The van der Waals surface area contributed by atoms with Gasteiger partial charge in [-0.2, -0.15) is 0 Å². The van der Waals surface area contributed by atoms with Gasteiger partial charge in [-0.15, -0.1) is 0 Å². The van der Waals surface area contributed by atoms with Gasteiger partial charge in [-0.05, 0) is 50.5 Å². The van der Waals surface area contributed by atoms with Crippen LogP contribution in [0.4, 0.5) is 0 Å². The molecule has 6 heterocycles. The summed E-state index contributed by atoms with van der Waals surface area (Å²) in [5, 5.41) is 225. The second-order valence-electron chi connectivity index (χ2n) is 30.0. The van der Waals surface area contributed by atoms with E-state index < -0.39 is 291 Å². The van der Waals surface area contributed by atoms with Gasteiger partial charge in [-0.3, -0.25) is 43.8 Å². The predicted molar refractivity (Wildman–Crippen MR) is 398 cm³/mol. The minimum absolute atomic E-state index is 0.00647. The minimum Gasteiger partial charge on any atom is -0.394 e. The zero-order valence-corrected chi connectivity index (χ0v) is 66.0. The molecule has 28 N–H and O–H groups in total. The first-order chi connectivity index (χ1) is 57.3. The van der Waals surface area contributed by atoms with Crippen molar-refractivity contribution in [1.82, 2.24) is 36.8 Å². The van der Waals surface area contributed by atoms with Gasteiger partial charge in [0.15, 0.2) is 37.7 Å². The van der Waals surface area contributed by atoms with Gasteiger partial charge in [0.25, 0.3) is 0 Å². The van der Waals surface area contributed by atoms with Gasteiger partial charge in [-0.25, -0.2) is 0 Å². The van der Waals surface area contributed by atoms with Crippen LogP contribution in [-0.4, -0.2) is 444 Å². The van der Waals surface area contributed by atoms with Crippen LogP contribution >= 0.6 is 0 Å². The highest BCUT2D eigenvalue weighted by Gasteiger charge is 2.55. The maximum Gasteiger partial charge on any atom is 0.243 e. The standard InChI is InChI=1S/C73H122N8O39/c74-36(25-35-13-5-1-6-14-35)67(108)80-45(88)17-9-4-12-20-77-48(91)28-81(26-46(89)75-18-10-2-7-15-43(86)78-21-23-109-70-63(106)65(119-72-61(104)57(100)51(94)39(31-84)115-72)53(96)41(117-70)33-111-68-59(102)55(98)49(92)37(29-82)113-68)27-47(90)76-19-11-3-8-16-44(87)79-22-24-110-71-64(107)66(120-73-62(105)58(101)52(95)40(32-85)116-73)54(97)42(118-71)34-112-69-60(103)56(99)50(93)38(30-83)114-69/h1,5-6,13-14,36-42,49-66,68-73,82-85,92-107H,2-4,7-12,15-34,74H2,(H,75,89)(H,76,90)(H,77,91)(H,78,86)(H,79,87)(H,80,88,108)/t36-,37+,38+,39+,40+,41+,42+,49+,50+,51+,52+,53+,54+,55-,56-,57-,58-,59-,60-,61-,62-,63-,64-,65-,66-,68-,69-,70-,71-,72+,73+/m0/s1. The highest BCUT2D eigenvalue weighted by Crippen LogP contribution is 2.34. The molecule has 0 radical (unpaired) electrons. The molecule has 47 nitrogen and oxygen atoms in total. The summed E-state index contributed by atoms with van der Waals surface area (Å²) in [7, 11) is 0. The van der Waals surface area contributed by atoms with Crippen molar-refractivity contribution >= 4 is 41.4 Å². The minimum atomic E-state index is -1.98. The van der Waals surface area contributed by atoms with Crippen molar-refractivity contribution in [3.05, 3.63) is 35.9 Å². The monoisotopic (exact) mass is 1730 g/mol. The number of benzene rings is 1. The fraction of sp³-hybridized carbons (Fsp3) is 0.822. The third-order valence-electron chi connectivity index (χ3n) is 20.7. The largest absolute Gasteiger partial charge is 0.394 e. The maximum atomic E-state index is 13.4. The molecule has 0 unspecified atom stereocenters. The Morgan fingerprint density at radius 3 is 1.00 bits per heavy atom. The van der Waals surface area contributed by atoms with Gasteiger partial charge in [-0.1, -0.05) is 49.6 Å². The number of imide groups is 1. The van der Waals surface area contributed by atoms with E-state index in [0.29, 0.717) is 57.8 Å². The number of nitrogens with two attached hydrogens (primary N) is 1. The number of carbonyl (C=O) groups is 7. The molecule has 688 valence electrons. The average Bonchev–Trinajstić information content (AvgIpc) is 0.785. The van der Waals surface area contributed by atoms with Gasteiger partial charge in [0, 0.05) is 52.0 Å². The molecule has 0 aliphatic carbocycles. The Kier molecular flexibility index (Phi) is 43.7. The van der Waals surface area contributed by atoms with Gasteiger partial charge in [0.1, 0.15) is 146 Å². The van der Waals surface area contributed by atoms with Crippen LogP contribution in [0, 0.1) is 0 Å². The highest BCUT2D eigenvalue weighted by atomic mass is 16.8. The summed E-state index contributed by atoms with van der Waals surface area (Å²) in [5.41, 5.74) is 6.83. The van der Waals surface area contributed by atoms with Crippen molar-refractivity contribution in [3.8, 4) is 0 Å². The molecule has 6 fully saturated rings. The molecule has 1 aromatic carbocycles. The van der Waals surface area contributed by atoms with Crippen LogP contribution < -0.4 is 37.6 Å². The summed E-state index contributed by atoms with van der Waals surface area (Å²) in [6, 6.07) is 8.11. The van der Waals surface area contributed by atoms with Crippen LogP contribution in [0.1, 0.15) is 82.6 Å². The van der Waals surface area contributed by atoms with E-state index in [4.69, 9.17) is 62.6 Å². The number of carbonyl (C=O) groups excluding carboxylic acids is 7. The predicted octanol–water partition coefficient (Wildman–Crippen LogP) is -14.3. The molecule has 6 aliphatic rings. The van der Waals surface area contributed by atoms with Crippen LogP contribution in [0.25, 0.3) is 0 Å². The first kappa shape index (κ1) is 101. The lowest BCUT2D eigenvalue weighted by molar-refractivity contribution is -0.366. The van der Waals surface area contributed by atoms with E-state index in [2.05, 4.69) is 31.9 Å². The Morgan fingerprint density at radius 2 is 0.650 bits per heavy atom. The van der Waals surface area contributed by atoms with Crippen molar-refractivity contribution < 1.29 is 193 Å². The number of aliphatic hydroxyl groups is 20. The third kappa shape index (κ3) is 30.6. The van der Waals surface area contributed by atoms with Gasteiger partial charge >= 0.3 is 0 Å². The summed E-state index contributed by atoms with van der Waals surface area (Å²) in [6.45, 7) is -6.45. The molecule has 7 amide bonds. The highest BCUT2D eigenvalue weighted by molar-refractivity contribution is 5.97. The van der Waals surface area contributed by atoms with E-state index in [0.717, 1.165) is 5.56 Å². The molecule has 0 bridgehead atoms.